The minimum Gasteiger partial charge on any atom is -0.462 e. The van der Waals surface area contributed by atoms with Gasteiger partial charge in [-0.15, -0.1) is 11.3 Å². The van der Waals surface area contributed by atoms with Crippen molar-refractivity contribution in [3.63, 3.8) is 0 Å². The summed E-state index contributed by atoms with van der Waals surface area (Å²) < 4.78 is 4.94. The number of rotatable bonds is 5. The van der Waals surface area contributed by atoms with E-state index in [-0.39, 0.29) is 5.97 Å². The van der Waals surface area contributed by atoms with Crippen LogP contribution in [0.1, 0.15) is 40.2 Å². The monoisotopic (exact) mass is 328 g/mol. The van der Waals surface area contributed by atoms with Crippen LogP contribution in [0.4, 0.5) is 10.1 Å². The van der Waals surface area contributed by atoms with Crippen molar-refractivity contribution >= 4 is 50.4 Å². The molecule has 0 aromatic carbocycles. The van der Waals surface area contributed by atoms with Gasteiger partial charge in [0.1, 0.15) is 4.88 Å². The first-order valence-corrected chi connectivity index (χ1v) is 8.37. The second kappa shape index (κ2) is 5.71. The molecule has 4 nitrogen and oxygen atoms in total. The molecule has 0 bridgehead atoms. The van der Waals surface area contributed by atoms with Crippen LogP contribution in [0.2, 0.25) is 5.02 Å². The number of thiazole rings is 1. The zero-order chi connectivity index (χ0) is 14.1. The molecule has 20 heavy (non-hydrogen) atoms. The first kappa shape index (κ1) is 13.9. The molecule has 0 saturated heterocycles. The van der Waals surface area contributed by atoms with Gasteiger partial charge in [-0.3, -0.25) is 0 Å². The Hall–Kier alpha value is -1.11. The van der Waals surface area contributed by atoms with E-state index in [1.165, 1.54) is 35.3 Å². The van der Waals surface area contributed by atoms with E-state index in [4.69, 9.17) is 16.3 Å². The lowest BCUT2D eigenvalue weighted by molar-refractivity contribution is 0.0532. The van der Waals surface area contributed by atoms with Crippen LogP contribution in [0.5, 0.6) is 0 Å². The summed E-state index contributed by atoms with van der Waals surface area (Å²) in [6.07, 6.45) is 3.98. The van der Waals surface area contributed by atoms with Gasteiger partial charge in [0, 0.05) is 4.88 Å². The number of nitrogens with zero attached hydrogens (tertiary/aromatic N) is 1. The maximum atomic E-state index is 11.6. The molecule has 0 amide bonds. The summed E-state index contributed by atoms with van der Waals surface area (Å²) in [5, 5.41) is 5.65. The van der Waals surface area contributed by atoms with Crippen molar-refractivity contribution in [3.05, 3.63) is 27.0 Å². The third-order valence-corrected chi connectivity index (χ3v) is 5.40. The number of hydrogen-bond acceptors (Lipinski definition) is 6. The van der Waals surface area contributed by atoms with Crippen LogP contribution in [0.15, 0.2) is 12.3 Å². The smallest absolute Gasteiger partial charge is 0.350 e. The number of aromatic nitrogens is 1. The minimum absolute atomic E-state index is 0.332. The third-order valence-electron chi connectivity index (χ3n) is 2.87. The molecule has 3 rings (SSSR count). The highest BCUT2D eigenvalue weighted by Gasteiger charge is 2.28. The van der Waals surface area contributed by atoms with E-state index < -0.39 is 0 Å². The predicted molar refractivity (Wildman–Crippen MR) is 82.7 cm³/mol. The molecule has 2 aromatic rings. The maximum Gasteiger partial charge on any atom is 0.350 e. The van der Waals surface area contributed by atoms with Crippen LogP contribution in [0.25, 0.3) is 0 Å². The molecule has 0 atom stereocenters. The van der Waals surface area contributed by atoms with Crippen LogP contribution in [-0.2, 0) is 4.74 Å². The Morgan fingerprint density at radius 1 is 1.55 bits per heavy atom. The summed E-state index contributed by atoms with van der Waals surface area (Å²) in [5.41, 5.74) is 0. The Morgan fingerprint density at radius 2 is 2.35 bits per heavy atom. The number of thiophene rings is 1. The topological polar surface area (TPSA) is 51.2 Å². The highest BCUT2D eigenvalue weighted by atomic mass is 35.5. The molecule has 1 aliphatic rings. The second-order valence-corrected chi connectivity index (χ2v) is 6.99. The molecule has 1 aliphatic carbocycles. The SMILES string of the molecule is CCOC(=O)c1cnc(Nc2cc(Cl)c(C3CC3)s2)s1. The standard InChI is InChI=1S/C13H13ClN2O2S2/c1-2-18-12(17)9-6-15-13(19-9)16-10-5-8(14)11(20-10)7-3-4-7/h5-7H,2-4H2,1H3,(H,15,16). The molecule has 1 saturated carbocycles. The lowest BCUT2D eigenvalue weighted by Gasteiger charge is -1.97. The summed E-state index contributed by atoms with van der Waals surface area (Å²) in [5.74, 6) is 0.301. The van der Waals surface area contributed by atoms with E-state index in [0.717, 1.165) is 10.0 Å². The molecule has 106 valence electrons. The van der Waals surface area contributed by atoms with Gasteiger partial charge in [0.15, 0.2) is 5.13 Å². The van der Waals surface area contributed by atoms with Gasteiger partial charge in [-0.25, -0.2) is 9.78 Å². The molecule has 0 radical (unpaired) electrons. The summed E-state index contributed by atoms with van der Waals surface area (Å²) in [6.45, 7) is 2.15. The van der Waals surface area contributed by atoms with Crippen molar-refractivity contribution in [2.75, 3.05) is 11.9 Å². The molecule has 2 heterocycles. The van der Waals surface area contributed by atoms with E-state index in [2.05, 4.69) is 10.3 Å². The zero-order valence-corrected chi connectivity index (χ0v) is 13.2. The molecule has 0 spiro atoms. The minimum atomic E-state index is -0.332. The molecule has 7 heteroatoms. The third kappa shape index (κ3) is 2.97. The van der Waals surface area contributed by atoms with E-state index in [1.807, 2.05) is 6.07 Å². The van der Waals surface area contributed by atoms with Gasteiger partial charge in [-0.2, -0.15) is 0 Å². The Balaban J connectivity index is 1.71. The van der Waals surface area contributed by atoms with Gasteiger partial charge in [0.05, 0.1) is 22.8 Å². The zero-order valence-electron chi connectivity index (χ0n) is 10.8. The highest BCUT2D eigenvalue weighted by molar-refractivity contribution is 7.19. The number of halogens is 1. The van der Waals surface area contributed by atoms with Crippen LogP contribution in [0.3, 0.4) is 0 Å². The van der Waals surface area contributed by atoms with Crippen molar-refractivity contribution in [3.8, 4) is 0 Å². The number of esters is 1. The van der Waals surface area contributed by atoms with E-state index in [9.17, 15) is 4.79 Å². The fourth-order valence-electron chi connectivity index (χ4n) is 1.80. The average molecular weight is 329 g/mol. The lowest BCUT2D eigenvalue weighted by atomic mass is 10.3. The van der Waals surface area contributed by atoms with Gasteiger partial charge in [-0.1, -0.05) is 22.9 Å². The number of nitrogens with one attached hydrogen (secondary N) is 1. The molecule has 0 unspecified atom stereocenters. The Morgan fingerprint density at radius 3 is 3.05 bits per heavy atom. The highest BCUT2D eigenvalue weighted by Crippen LogP contribution is 2.48. The van der Waals surface area contributed by atoms with Gasteiger partial charge in [-0.05, 0) is 31.7 Å². The van der Waals surface area contributed by atoms with Crippen LogP contribution in [-0.4, -0.2) is 17.6 Å². The van der Waals surface area contributed by atoms with Crippen molar-refractivity contribution in [1.29, 1.82) is 0 Å². The largest absolute Gasteiger partial charge is 0.462 e. The van der Waals surface area contributed by atoms with Crippen LogP contribution < -0.4 is 5.32 Å². The fourth-order valence-corrected chi connectivity index (χ4v) is 4.15. The van der Waals surface area contributed by atoms with Gasteiger partial charge < -0.3 is 10.1 Å². The predicted octanol–water partition coefficient (Wildman–Crippen LogP) is 4.66. The number of carbonyl (C=O) groups excluding carboxylic acids is 1. The average Bonchev–Trinajstić information content (AvgIpc) is 3.04. The number of hydrogen-bond donors (Lipinski definition) is 1. The molecule has 2 aromatic heterocycles. The van der Waals surface area contributed by atoms with Crippen molar-refractivity contribution in [1.82, 2.24) is 4.98 Å². The van der Waals surface area contributed by atoms with Gasteiger partial charge in [0.2, 0.25) is 0 Å². The quantitative estimate of drug-likeness (QED) is 0.811. The molecule has 0 aliphatic heterocycles. The maximum absolute atomic E-state index is 11.6. The fraction of sp³-hybridized carbons (Fsp3) is 0.385. The summed E-state index contributed by atoms with van der Waals surface area (Å²) in [7, 11) is 0. The second-order valence-electron chi connectivity index (χ2n) is 4.47. The van der Waals surface area contributed by atoms with E-state index >= 15 is 0 Å². The summed E-state index contributed by atoms with van der Waals surface area (Å²) in [4.78, 5) is 17.5. The molecular weight excluding hydrogens is 316 g/mol. The van der Waals surface area contributed by atoms with Crippen molar-refractivity contribution < 1.29 is 9.53 Å². The van der Waals surface area contributed by atoms with Gasteiger partial charge in [0.25, 0.3) is 0 Å². The lowest BCUT2D eigenvalue weighted by Crippen LogP contribution is -2.01. The molecular formula is C13H13ClN2O2S2. The molecule has 1 N–H and O–H groups in total. The number of ether oxygens (including phenoxy) is 1. The van der Waals surface area contributed by atoms with E-state index in [1.54, 1.807) is 18.3 Å². The summed E-state index contributed by atoms with van der Waals surface area (Å²) in [6, 6.07) is 1.92. The first-order valence-electron chi connectivity index (χ1n) is 6.36. The van der Waals surface area contributed by atoms with Crippen LogP contribution in [0, 0.1) is 0 Å². The van der Waals surface area contributed by atoms with Gasteiger partial charge >= 0.3 is 5.97 Å². The number of anilines is 2. The Kier molecular flexibility index (Phi) is 3.96. The molecule has 1 fully saturated rings. The summed E-state index contributed by atoms with van der Waals surface area (Å²) >= 11 is 9.16. The van der Waals surface area contributed by atoms with Crippen molar-refractivity contribution in [2.45, 2.75) is 25.7 Å². The Labute approximate surface area is 129 Å². The van der Waals surface area contributed by atoms with Crippen molar-refractivity contribution in [2.24, 2.45) is 0 Å². The van der Waals surface area contributed by atoms with Crippen LogP contribution >= 0.6 is 34.3 Å². The number of carbonyl (C=O) groups is 1. The first-order chi connectivity index (χ1) is 9.67. The Bertz CT molecular complexity index is 634. The normalized spacial score (nSPS) is 14.3. The van der Waals surface area contributed by atoms with E-state index in [0.29, 0.717) is 22.5 Å².